The Hall–Kier alpha value is -1.89. The molecule has 0 aliphatic carbocycles. The number of likely N-dealkylation sites (tertiary alicyclic amines) is 1. The highest BCUT2D eigenvalue weighted by molar-refractivity contribution is 7.08. The third-order valence-electron chi connectivity index (χ3n) is 3.71. The first-order valence-electron chi connectivity index (χ1n) is 7.31. The Kier molecular flexibility index (Phi) is 5.54. The van der Waals surface area contributed by atoms with Crippen LogP contribution in [0.3, 0.4) is 0 Å². The molecular weight excluding hydrogens is 302 g/mol. The van der Waals surface area contributed by atoms with Crippen molar-refractivity contribution in [2.75, 3.05) is 27.2 Å². The van der Waals surface area contributed by atoms with Crippen molar-refractivity contribution in [3.05, 3.63) is 22.4 Å². The van der Waals surface area contributed by atoms with E-state index in [9.17, 15) is 14.4 Å². The molecule has 6 nitrogen and oxygen atoms in total. The summed E-state index contributed by atoms with van der Waals surface area (Å²) in [6.07, 6.45) is 1.77. The van der Waals surface area contributed by atoms with Gasteiger partial charge in [0.05, 0.1) is 0 Å². The van der Waals surface area contributed by atoms with Crippen LogP contribution in [0, 0.1) is 0 Å². The minimum absolute atomic E-state index is 0.0341. The number of carbonyl (C=O) groups is 3. The van der Waals surface area contributed by atoms with E-state index in [1.54, 1.807) is 30.4 Å². The van der Waals surface area contributed by atoms with Crippen LogP contribution in [0.5, 0.6) is 0 Å². The third kappa shape index (κ3) is 3.85. The van der Waals surface area contributed by atoms with Crippen molar-refractivity contribution in [2.45, 2.75) is 25.3 Å². The van der Waals surface area contributed by atoms with E-state index in [1.807, 2.05) is 5.38 Å². The molecule has 1 aliphatic rings. The minimum atomic E-state index is -0.352. The lowest BCUT2D eigenvalue weighted by molar-refractivity contribution is -0.142. The molecule has 1 N–H and O–H groups in total. The van der Waals surface area contributed by atoms with Crippen molar-refractivity contribution in [1.82, 2.24) is 15.1 Å². The molecule has 0 spiro atoms. The van der Waals surface area contributed by atoms with E-state index >= 15 is 0 Å². The fourth-order valence-electron chi connectivity index (χ4n) is 2.54. The Morgan fingerprint density at radius 3 is 2.82 bits per heavy atom. The summed E-state index contributed by atoms with van der Waals surface area (Å²) in [7, 11) is 3.40. The van der Waals surface area contributed by atoms with Gasteiger partial charge in [-0.3, -0.25) is 14.4 Å². The van der Waals surface area contributed by atoms with Gasteiger partial charge in [0.1, 0.15) is 6.04 Å². The van der Waals surface area contributed by atoms with Crippen LogP contribution in [0.4, 0.5) is 0 Å². The predicted molar refractivity (Wildman–Crippen MR) is 84.7 cm³/mol. The van der Waals surface area contributed by atoms with E-state index in [4.69, 9.17) is 0 Å². The van der Waals surface area contributed by atoms with Crippen molar-refractivity contribution >= 4 is 29.1 Å². The second-order valence-electron chi connectivity index (χ2n) is 5.50. The lowest BCUT2D eigenvalue weighted by atomic mass is 10.2. The molecule has 0 saturated carbocycles. The Morgan fingerprint density at radius 1 is 1.41 bits per heavy atom. The molecule has 1 unspecified atom stereocenters. The number of nitrogens with one attached hydrogen (secondary N) is 1. The maximum atomic E-state index is 12.3. The fraction of sp³-hybridized carbons (Fsp3) is 0.533. The molecule has 120 valence electrons. The zero-order chi connectivity index (χ0) is 16.1. The number of likely N-dealkylation sites (N-methyl/N-ethyl adjacent to an activating group) is 1. The number of hydrogen-bond acceptors (Lipinski definition) is 4. The van der Waals surface area contributed by atoms with Gasteiger partial charge in [-0.1, -0.05) is 0 Å². The molecular formula is C15H21N3O3S. The van der Waals surface area contributed by atoms with Crippen LogP contribution >= 0.6 is 11.3 Å². The standard InChI is InChI=1S/C15H21N3O3S/c1-17(2)15(21)12-4-3-8-18(12)13(19)5-7-16-14(20)11-6-9-22-10-11/h6,9-10,12H,3-5,7-8H2,1-2H3,(H,16,20). The zero-order valence-corrected chi connectivity index (χ0v) is 13.7. The third-order valence-corrected chi connectivity index (χ3v) is 4.39. The number of thiophene rings is 1. The molecule has 1 saturated heterocycles. The monoisotopic (exact) mass is 323 g/mol. The summed E-state index contributed by atoms with van der Waals surface area (Å²) in [6.45, 7) is 0.897. The van der Waals surface area contributed by atoms with Crippen molar-refractivity contribution in [3.8, 4) is 0 Å². The highest BCUT2D eigenvalue weighted by Gasteiger charge is 2.34. The Bertz CT molecular complexity index is 542. The second-order valence-corrected chi connectivity index (χ2v) is 6.28. The van der Waals surface area contributed by atoms with Gasteiger partial charge in [-0.15, -0.1) is 0 Å². The summed E-state index contributed by atoms with van der Waals surface area (Å²) >= 11 is 1.46. The molecule has 7 heteroatoms. The molecule has 1 aromatic rings. The molecule has 22 heavy (non-hydrogen) atoms. The van der Waals surface area contributed by atoms with Crippen LogP contribution < -0.4 is 5.32 Å². The van der Waals surface area contributed by atoms with Crippen LogP contribution in [-0.4, -0.2) is 60.7 Å². The maximum absolute atomic E-state index is 12.3. The normalized spacial score (nSPS) is 17.4. The lowest BCUT2D eigenvalue weighted by Gasteiger charge is -2.26. The van der Waals surface area contributed by atoms with E-state index in [0.29, 0.717) is 18.5 Å². The molecule has 3 amide bonds. The summed E-state index contributed by atoms with van der Waals surface area (Å²) in [5.41, 5.74) is 0.610. The van der Waals surface area contributed by atoms with E-state index in [-0.39, 0.29) is 36.7 Å². The first-order chi connectivity index (χ1) is 10.5. The first-order valence-corrected chi connectivity index (χ1v) is 8.26. The SMILES string of the molecule is CN(C)C(=O)C1CCCN1C(=O)CCNC(=O)c1ccsc1. The number of carbonyl (C=O) groups excluding carboxylic acids is 3. The molecule has 0 aromatic carbocycles. The number of amides is 3. The number of rotatable bonds is 5. The van der Waals surface area contributed by atoms with Crippen LogP contribution in [0.15, 0.2) is 16.8 Å². The highest BCUT2D eigenvalue weighted by atomic mass is 32.1. The van der Waals surface area contributed by atoms with Crippen molar-refractivity contribution in [1.29, 1.82) is 0 Å². The smallest absolute Gasteiger partial charge is 0.252 e. The average Bonchev–Trinajstić information content (AvgIpc) is 3.17. The Balaban J connectivity index is 1.81. The Morgan fingerprint density at radius 2 is 2.18 bits per heavy atom. The van der Waals surface area contributed by atoms with Crippen LogP contribution in [-0.2, 0) is 9.59 Å². The molecule has 0 radical (unpaired) electrons. The topological polar surface area (TPSA) is 69.7 Å². The van der Waals surface area contributed by atoms with Crippen molar-refractivity contribution in [2.24, 2.45) is 0 Å². The number of nitrogens with zero attached hydrogens (tertiary/aromatic N) is 2. The van der Waals surface area contributed by atoms with Crippen LogP contribution in [0.25, 0.3) is 0 Å². The van der Waals surface area contributed by atoms with Gasteiger partial charge in [0.2, 0.25) is 11.8 Å². The van der Waals surface area contributed by atoms with E-state index in [0.717, 1.165) is 6.42 Å². The maximum Gasteiger partial charge on any atom is 0.252 e. The second kappa shape index (κ2) is 7.40. The largest absolute Gasteiger partial charge is 0.351 e. The summed E-state index contributed by atoms with van der Waals surface area (Å²) in [6, 6.07) is 1.39. The first kappa shape index (κ1) is 16.5. The Labute approximate surface area is 134 Å². The van der Waals surface area contributed by atoms with Gasteiger partial charge >= 0.3 is 0 Å². The van der Waals surface area contributed by atoms with Gasteiger partial charge in [0.25, 0.3) is 5.91 Å². The molecule has 1 aliphatic heterocycles. The molecule has 1 fully saturated rings. The summed E-state index contributed by atoms with van der Waals surface area (Å²) in [5, 5.41) is 6.33. The quantitative estimate of drug-likeness (QED) is 0.877. The van der Waals surface area contributed by atoms with Gasteiger partial charge < -0.3 is 15.1 Å². The highest BCUT2D eigenvalue weighted by Crippen LogP contribution is 2.19. The molecule has 2 rings (SSSR count). The average molecular weight is 323 g/mol. The van der Waals surface area contributed by atoms with Crippen LogP contribution in [0.2, 0.25) is 0 Å². The van der Waals surface area contributed by atoms with Gasteiger partial charge in [-0.05, 0) is 24.3 Å². The summed E-state index contributed by atoms with van der Waals surface area (Å²) in [5.74, 6) is -0.284. The predicted octanol–water partition coefficient (Wildman–Crippen LogP) is 0.947. The molecule has 1 atom stereocenters. The fourth-order valence-corrected chi connectivity index (χ4v) is 3.18. The van der Waals surface area contributed by atoms with Gasteiger partial charge in [-0.25, -0.2) is 0 Å². The minimum Gasteiger partial charge on any atom is -0.351 e. The zero-order valence-electron chi connectivity index (χ0n) is 12.9. The van der Waals surface area contributed by atoms with Gasteiger partial charge in [0.15, 0.2) is 0 Å². The number of hydrogen-bond donors (Lipinski definition) is 1. The molecule has 1 aromatic heterocycles. The summed E-state index contributed by atoms with van der Waals surface area (Å²) in [4.78, 5) is 39.3. The van der Waals surface area contributed by atoms with Gasteiger partial charge in [0, 0.05) is 44.5 Å². The molecule has 2 heterocycles. The van der Waals surface area contributed by atoms with E-state index < -0.39 is 0 Å². The van der Waals surface area contributed by atoms with Crippen LogP contribution in [0.1, 0.15) is 29.6 Å². The lowest BCUT2D eigenvalue weighted by Crippen LogP contribution is -2.46. The van der Waals surface area contributed by atoms with Crippen molar-refractivity contribution in [3.63, 3.8) is 0 Å². The molecule has 0 bridgehead atoms. The summed E-state index contributed by atoms with van der Waals surface area (Å²) < 4.78 is 0. The van der Waals surface area contributed by atoms with Crippen molar-refractivity contribution < 1.29 is 14.4 Å². The van der Waals surface area contributed by atoms with E-state index in [1.165, 1.54) is 16.2 Å². The van der Waals surface area contributed by atoms with Gasteiger partial charge in [-0.2, -0.15) is 11.3 Å². The van der Waals surface area contributed by atoms with E-state index in [2.05, 4.69) is 5.32 Å².